The SMILES string of the molecule is C=O.CN1Cc2c(nc(OC[C@@]34CCCN3C[C@H](F)C4)nc2N2CCC[C@]3(C2)NCNC3=O)C[C@]12CCCc1ccccc12.[HH].[HH]. The zero-order chi connectivity index (χ0) is 30.5. The molecule has 2 spiro atoms. The molecule has 0 saturated carbocycles. The van der Waals surface area contributed by atoms with Gasteiger partial charge in [-0.15, -0.1) is 0 Å². The molecule has 6 heterocycles. The summed E-state index contributed by atoms with van der Waals surface area (Å²) in [6.07, 6.45) is 7.60. The third-order valence-electron chi connectivity index (χ3n) is 11.3. The average molecular weight is 610 g/mol. The van der Waals surface area contributed by atoms with Gasteiger partial charge < -0.3 is 19.7 Å². The maximum absolute atomic E-state index is 14.5. The molecular formula is C33H48FN7O3. The van der Waals surface area contributed by atoms with Crippen LogP contribution in [0.2, 0.25) is 0 Å². The Balaban J connectivity index is 0.00000102. The standard InChI is InChI=1S/C32H42FN7O2.CH2O.2H2/c1-38-18-24-26(16-32(38)12-4-8-22-7-2-3-9-25(22)32)36-29(42-20-30-10-5-14-40(30)17-23(33)15-30)37-27(24)39-13-6-11-31(19-39)28(41)34-21-35-31;1-2;;/h2-3,7,9,23,35H,4-6,8,10-21H2,1H3,(H,34,41);1H2;2*1H/t23-,30+,31-,32+;;;/m1.../s1. The number of likely N-dealkylation sites (N-methyl/N-ethyl adjacent to an activating group) is 1. The Hall–Kier alpha value is -3.15. The molecular weight excluding hydrogens is 561 g/mol. The van der Waals surface area contributed by atoms with E-state index in [1.54, 1.807) is 0 Å². The maximum atomic E-state index is 14.5. The van der Waals surface area contributed by atoms with E-state index >= 15 is 0 Å². The van der Waals surface area contributed by atoms with Crippen LogP contribution in [0.25, 0.3) is 0 Å². The lowest BCUT2D eigenvalue weighted by Gasteiger charge is -2.50. The summed E-state index contributed by atoms with van der Waals surface area (Å²) >= 11 is 0. The first-order chi connectivity index (χ1) is 21.4. The zero-order valence-corrected chi connectivity index (χ0v) is 25.7. The van der Waals surface area contributed by atoms with Crippen molar-refractivity contribution in [3.8, 4) is 6.01 Å². The molecule has 4 atom stereocenters. The van der Waals surface area contributed by atoms with Crippen LogP contribution in [0.5, 0.6) is 6.01 Å². The first kappa shape index (κ1) is 29.6. The van der Waals surface area contributed by atoms with E-state index < -0.39 is 11.7 Å². The lowest BCUT2D eigenvalue weighted by atomic mass is 9.71. The molecule has 44 heavy (non-hydrogen) atoms. The van der Waals surface area contributed by atoms with Gasteiger partial charge in [-0.05, 0) is 69.7 Å². The van der Waals surface area contributed by atoms with Crippen LogP contribution >= 0.6 is 0 Å². The van der Waals surface area contributed by atoms with Crippen molar-refractivity contribution in [3.05, 3.63) is 46.6 Å². The molecule has 1 amide bonds. The Bertz CT molecular complexity index is 1440. The number of ether oxygens (including phenoxy) is 1. The summed E-state index contributed by atoms with van der Waals surface area (Å²) in [5, 5.41) is 6.42. The molecule has 2 aromatic rings. The Morgan fingerprint density at radius 1 is 1.14 bits per heavy atom. The first-order valence-corrected chi connectivity index (χ1v) is 16.2. The van der Waals surface area contributed by atoms with Crippen molar-refractivity contribution in [2.75, 3.05) is 51.4 Å². The van der Waals surface area contributed by atoms with E-state index in [2.05, 4.69) is 56.6 Å². The molecule has 2 N–H and O–H groups in total. The van der Waals surface area contributed by atoms with Crippen LogP contribution in [0, 0.1) is 0 Å². The van der Waals surface area contributed by atoms with Gasteiger partial charge in [-0.1, -0.05) is 24.3 Å². The molecule has 0 radical (unpaired) electrons. The molecule has 4 fully saturated rings. The van der Waals surface area contributed by atoms with Crippen molar-refractivity contribution in [3.63, 3.8) is 0 Å². The summed E-state index contributed by atoms with van der Waals surface area (Å²) in [5.74, 6) is 0.959. The summed E-state index contributed by atoms with van der Waals surface area (Å²) in [6.45, 7) is 6.48. The van der Waals surface area contributed by atoms with E-state index in [1.165, 1.54) is 11.1 Å². The Morgan fingerprint density at radius 2 is 1.98 bits per heavy atom. The predicted molar refractivity (Wildman–Crippen MR) is 168 cm³/mol. The number of carbonyl (C=O) groups is 2. The topological polar surface area (TPSA) is 103 Å². The molecule has 1 aliphatic carbocycles. The molecule has 8 rings (SSSR count). The van der Waals surface area contributed by atoms with E-state index in [4.69, 9.17) is 19.5 Å². The monoisotopic (exact) mass is 609 g/mol. The summed E-state index contributed by atoms with van der Waals surface area (Å²) in [4.78, 5) is 38.2. The van der Waals surface area contributed by atoms with Gasteiger partial charge in [0.1, 0.15) is 30.9 Å². The van der Waals surface area contributed by atoms with Crippen molar-refractivity contribution in [1.29, 1.82) is 0 Å². The summed E-state index contributed by atoms with van der Waals surface area (Å²) in [6, 6.07) is 9.28. The number of benzene rings is 1. The van der Waals surface area contributed by atoms with Gasteiger partial charge in [0, 0.05) is 47.4 Å². The number of halogens is 1. The van der Waals surface area contributed by atoms with Gasteiger partial charge in [-0.2, -0.15) is 9.97 Å². The number of amides is 1. The Labute approximate surface area is 261 Å². The Kier molecular flexibility index (Phi) is 7.61. The number of nitrogens with one attached hydrogen (secondary N) is 2. The molecule has 0 unspecified atom stereocenters. The minimum Gasteiger partial charge on any atom is -0.461 e. The lowest BCUT2D eigenvalue weighted by Crippen LogP contribution is -2.59. The fraction of sp³-hybridized carbons (Fsp3) is 0.636. The number of nitrogens with zero attached hydrogens (tertiary/aromatic N) is 5. The van der Waals surface area contributed by atoms with E-state index in [0.717, 1.165) is 88.1 Å². The van der Waals surface area contributed by atoms with Gasteiger partial charge in [0.25, 0.3) is 0 Å². The zero-order valence-electron chi connectivity index (χ0n) is 25.7. The number of hydrogen-bond donors (Lipinski definition) is 2. The fourth-order valence-corrected chi connectivity index (χ4v) is 9.16. The number of fused-ring (bicyclic) bond motifs is 4. The molecule has 11 heteroatoms. The predicted octanol–water partition coefficient (Wildman–Crippen LogP) is 2.97. The first-order valence-electron chi connectivity index (χ1n) is 16.2. The van der Waals surface area contributed by atoms with Gasteiger partial charge in [0.15, 0.2) is 0 Å². The Morgan fingerprint density at radius 3 is 2.82 bits per heavy atom. The molecule has 0 bridgehead atoms. The third-order valence-corrected chi connectivity index (χ3v) is 11.3. The van der Waals surface area contributed by atoms with Crippen LogP contribution in [-0.2, 0) is 34.5 Å². The maximum Gasteiger partial charge on any atom is 0.318 e. The normalized spacial score (nSPS) is 33.0. The molecule has 1 aromatic heterocycles. The number of aryl methyl sites for hydroxylation is 1. The van der Waals surface area contributed by atoms with Crippen LogP contribution in [0.1, 0.15) is 70.2 Å². The van der Waals surface area contributed by atoms with Gasteiger partial charge in [0.05, 0.1) is 23.4 Å². The minimum atomic E-state index is -0.801. The third kappa shape index (κ3) is 4.70. The summed E-state index contributed by atoms with van der Waals surface area (Å²) in [7, 11) is 2.24. The summed E-state index contributed by atoms with van der Waals surface area (Å²) in [5.41, 5.74) is 4.06. The molecule has 10 nitrogen and oxygen atoms in total. The number of hydrogen-bond acceptors (Lipinski definition) is 9. The van der Waals surface area contributed by atoms with Crippen molar-refractivity contribution in [2.24, 2.45) is 0 Å². The lowest BCUT2D eigenvalue weighted by molar-refractivity contribution is -0.124. The van der Waals surface area contributed by atoms with Crippen molar-refractivity contribution < 1.29 is 21.6 Å². The molecule has 6 aliphatic rings. The van der Waals surface area contributed by atoms with Crippen LogP contribution in [0.15, 0.2) is 24.3 Å². The highest BCUT2D eigenvalue weighted by Crippen LogP contribution is 2.47. The van der Waals surface area contributed by atoms with Gasteiger partial charge in [-0.25, -0.2) is 4.39 Å². The van der Waals surface area contributed by atoms with Gasteiger partial charge in [-0.3, -0.25) is 19.9 Å². The highest BCUT2D eigenvalue weighted by Gasteiger charge is 2.51. The van der Waals surface area contributed by atoms with E-state index in [1.807, 2.05) is 6.79 Å². The second-order valence-electron chi connectivity index (χ2n) is 13.7. The van der Waals surface area contributed by atoms with E-state index in [0.29, 0.717) is 38.8 Å². The number of piperidine rings is 1. The number of aromatic nitrogens is 2. The molecule has 1 aromatic carbocycles. The van der Waals surface area contributed by atoms with Crippen molar-refractivity contribution in [1.82, 2.24) is 30.4 Å². The van der Waals surface area contributed by atoms with Gasteiger partial charge >= 0.3 is 6.01 Å². The highest BCUT2D eigenvalue weighted by molar-refractivity contribution is 5.89. The second kappa shape index (κ2) is 11.3. The largest absolute Gasteiger partial charge is 0.461 e. The molecule has 4 saturated heterocycles. The number of rotatable bonds is 4. The quantitative estimate of drug-likeness (QED) is 0.542. The molecule has 240 valence electrons. The number of carbonyl (C=O) groups excluding carboxylic acids is 2. The smallest absolute Gasteiger partial charge is 0.318 e. The van der Waals surface area contributed by atoms with Crippen LogP contribution in [0.4, 0.5) is 10.2 Å². The van der Waals surface area contributed by atoms with Crippen LogP contribution in [0.3, 0.4) is 0 Å². The van der Waals surface area contributed by atoms with E-state index in [-0.39, 0.29) is 19.8 Å². The van der Waals surface area contributed by atoms with E-state index in [9.17, 15) is 9.18 Å². The van der Waals surface area contributed by atoms with Crippen LogP contribution in [-0.4, -0.2) is 96.2 Å². The number of anilines is 1. The van der Waals surface area contributed by atoms with Gasteiger partial charge in [0.2, 0.25) is 5.91 Å². The fourth-order valence-electron chi connectivity index (χ4n) is 9.16. The van der Waals surface area contributed by atoms with Crippen LogP contribution < -0.4 is 20.3 Å². The van der Waals surface area contributed by atoms with Crippen molar-refractivity contribution in [2.45, 2.75) is 87.1 Å². The highest BCUT2D eigenvalue weighted by atomic mass is 19.1. The van der Waals surface area contributed by atoms with Crippen molar-refractivity contribution >= 4 is 18.5 Å². The second-order valence-corrected chi connectivity index (χ2v) is 13.7. The minimum absolute atomic E-state index is 0. The summed E-state index contributed by atoms with van der Waals surface area (Å²) < 4.78 is 21.0. The average Bonchev–Trinajstić information content (AvgIpc) is 3.69. The molecule has 5 aliphatic heterocycles. The number of alkyl halides is 1.